The third-order valence-electron chi connectivity index (χ3n) is 7.08. The van der Waals surface area contributed by atoms with Gasteiger partial charge in [-0.3, -0.25) is 9.59 Å². The number of Topliss-reactive ketones (excluding diaryl/α,β-unsaturated/α-hetero) is 1. The second-order valence-corrected chi connectivity index (χ2v) is 9.63. The molecule has 1 aliphatic carbocycles. The van der Waals surface area contributed by atoms with E-state index in [1.54, 1.807) is 31.2 Å². The molecule has 8 heteroatoms. The van der Waals surface area contributed by atoms with Crippen molar-refractivity contribution in [3.63, 3.8) is 0 Å². The summed E-state index contributed by atoms with van der Waals surface area (Å²) in [5.74, 6) is 1.74. The van der Waals surface area contributed by atoms with Crippen molar-refractivity contribution in [3.8, 4) is 11.4 Å². The largest absolute Gasteiger partial charge is 0.352 e. The fourth-order valence-corrected chi connectivity index (χ4v) is 4.89. The maximum absolute atomic E-state index is 13.1. The Hall–Kier alpha value is -3.39. The second-order valence-electron chi connectivity index (χ2n) is 9.63. The summed E-state index contributed by atoms with van der Waals surface area (Å²) in [5, 5.41) is 6.98. The van der Waals surface area contributed by atoms with Gasteiger partial charge in [0, 0.05) is 42.6 Å². The van der Waals surface area contributed by atoms with Crippen molar-refractivity contribution in [1.29, 1.82) is 0 Å². The van der Waals surface area contributed by atoms with E-state index in [9.17, 15) is 14.0 Å². The van der Waals surface area contributed by atoms with Crippen LogP contribution in [0.4, 0.5) is 4.39 Å². The lowest BCUT2D eigenvalue weighted by Gasteiger charge is -2.31. The summed E-state index contributed by atoms with van der Waals surface area (Å²) in [6.07, 6.45) is 2.78. The van der Waals surface area contributed by atoms with Crippen molar-refractivity contribution >= 4 is 11.7 Å². The molecule has 1 N–H and O–H groups in total. The van der Waals surface area contributed by atoms with Crippen LogP contribution in [-0.2, 0) is 0 Å². The van der Waals surface area contributed by atoms with Gasteiger partial charge in [-0.1, -0.05) is 17.3 Å². The molecule has 0 bridgehead atoms. The number of carbonyl (C=O) groups excluding carboxylic acids is 2. The monoisotopic (exact) mass is 476 g/mol. The molecule has 2 atom stereocenters. The number of ketones is 1. The fourth-order valence-electron chi connectivity index (χ4n) is 4.89. The Morgan fingerprint density at radius 1 is 1.09 bits per heavy atom. The number of benzene rings is 2. The Labute approximate surface area is 203 Å². The van der Waals surface area contributed by atoms with E-state index < -0.39 is 0 Å². The molecule has 1 aromatic heterocycles. The first-order valence-electron chi connectivity index (χ1n) is 12.2. The van der Waals surface area contributed by atoms with Gasteiger partial charge in [0.25, 0.3) is 5.91 Å². The van der Waals surface area contributed by atoms with E-state index in [1.165, 1.54) is 12.1 Å². The molecule has 3 aromatic rings. The van der Waals surface area contributed by atoms with Gasteiger partial charge in [-0.15, -0.1) is 0 Å². The molecule has 1 aliphatic heterocycles. The number of carbonyl (C=O) groups is 2. The lowest BCUT2D eigenvalue weighted by Crippen LogP contribution is -2.38. The zero-order valence-electron chi connectivity index (χ0n) is 19.7. The first-order chi connectivity index (χ1) is 17.0. The molecule has 0 spiro atoms. The highest BCUT2D eigenvalue weighted by atomic mass is 19.1. The van der Waals surface area contributed by atoms with Gasteiger partial charge in [0.1, 0.15) is 5.82 Å². The number of hydrogen-bond acceptors (Lipinski definition) is 6. The van der Waals surface area contributed by atoms with Gasteiger partial charge < -0.3 is 14.7 Å². The Balaban J connectivity index is 1.05. The van der Waals surface area contributed by atoms with E-state index in [2.05, 4.69) is 20.4 Å². The highest BCUT2D eigenvalue weighted by molar-refractivity contribution is 5.98. The SMILES string of the molecule is Cc1nc(-c2cccc(C(=O)NCC3CC3CN3CCC(C(=O)c4ccc(F)cc4)CC3)c2)no1. The normalized spacial score (nSPS) is 20.5. The first-order valence-corrected chi connectivity index (χ1v) is 12.2. The minimum Gasteiger partial charge on any atom is -0.352 e. The number of hydrogen-bond donors (Lipinski definition) is 1. The molecule has 1 saturated carbocycles. The van der Waals surface area contributed by atoms with Crippen LogP contribution in [0.2, 0.25) is 0 Å². The van der Waals surface area contributed by atoms with Gasteiger partial charge in [-0.25, -0.2) is 4.39 Å². The van der Waals surface area contributed by atoms with Crippen LogP contribution in [0.5, 0.6) is 0 Å². The van der Waals surface area contributed by atoms with Crippen molar-refractivity contribution in [1.82, 2.24) is 20.4 Å². The summed E-state index contributed by atoms with van der Waals surface area (Å²) in [5.41, 5.74) is 1.93. The summed E-state index contributed by atoms with van der Waals surface area (Å²) < 4.78 is 18.1. The van der Waals surface area contributed by atoms with Crippen molar-refractivity contribution in [2.75, 3.05) is 26.2 Å². The van der Waals surface area contributed by atoms with E-state index in [0.717, 1.165) is 44.5 Å². The number of rotatable bonds is 8. The van der Waals surface area contributed by atoms with Gasteiger partial charge in [0.05, 0.1) is 0 Å². The number of halogens is 1. The van der Waals surface area contributed by atoms with Crippen molar-refractivity contribution in [3.05, 3.63) is 71.4 Å². The highest BCUT2D eigenvalue weighted by Crippen LogP contribution is 2.39. The topological polar surface area (TPSA) is 88.3 Å². The van der Waals surface area contributed by atoms with Crippen LogP contribution < -0.4 is 5.32 Å². The third-order valence-corrected chi connectivity index (χ3v) is 7.08. The van der Waals surface area contributed by atoms with Gasteiger partial charge in [-0.2, -0.15) is 4.98 Å². The van der Waals surface area contributed by atoms with Crippen LogP contribution in [0.25, 0.3) is 11.4 Å². The Morgan fingerprint density at radius 3 is 2.57 bits per heavy atom. The molecule has 2 aromatic carbocycles. The quantitative estimate of drug-likeness (QED) is 0.492. The van der Waals surface area contributed by atoms with E-state index in [1.807, 2.05) is 12.1 Å². The number of likely N-dealkylation sites (tertiary alicyclic amines) is 1. The maximum atomic E-state index is 13.1. The van der Waals surface area contributed by atoms with Gasteiger partial charge in [0.15, 0.2) is 5.78 Å². The first kappa shape index (κ1) is 23.4. The predicted molar refractivity (Wildman–Crippen MR) is 128 cm³/mol. The molecular weight excluding hydrogens is 447 g/mol. The molecule has 2 heterocycles. The number of amides is 1. The molecule has 2 aliphatic rings. The summed E-state index contributed by atoms with van der Waals surface area (Å²) in [4.78, 5) is 32.0. The molecule has 35 heavy (non-hydrogen) atoms. The van der Waals surface area contributed by atoms with Crippen molar-refractivity contribution < 1.29 is 18.5 Å². The molecule has 182 valence electrons. The number of nitrogens with one attached hydrogen (secondary N) is 1. The summed E-state index contributed by atoms with van der Waals surface area (Å²) in [6.45, 7) is 5.19. The van der Waals surface area contributed by atoms with Crippen molar-refractivity contribution in [2.24, 2.45) is 17.8 Å². The number of piperidine rings is 1. The zero-order chi connectivity index (χ0) is 24.4. The smallest absolute Gasteiger partial charge is 0.251 e. The molecule has 0 radical (unpaired) electrons. The van der Waals surface area contributed by atoms with E-state index >= 15 is 0 Å². The summed E-state index contributed by atoms with van der Waals surface area (Å²) in [6, 6.07) is 13.1. The molecule has 1 amide bonds. The number of nitrogens with zero attached hydrogens (tertiary/aromatic N) is 3. The highest BCUT2D eigenvalue weighted by Gasteiger charge is 2.39. The molecule has 2 fully saturated rings. The van der Waals surface area contributed by atoms with Crippen molar-refractivity contribution in [2.45, 2.75) is 26.2 Å². The van der Waals surface area contributed by atoms with E-state index in [0.29, 0.717) is 41.2 Å². The van der Waals surface area contributed by atoms with Crippen LogP contribution in [-0.4, -0.2) is 52.9 Å². The molecule has 1 saturated heterocycles. The van der Waals surface area contributed by atoms with Crippen LogP contribution in [0.3, 0.4) is 0 Å². The average molecular weight is 477 g/mol. The van der Waals surface area contributed by atoms with E-state index in [-0.39, 0.29) is 23.4 Å². The second kappa shape index (κ2) is 10.1. The van der Waals surface area contributed by atoms with Crippen LogP contribution in [0, 0.1) is 30.5 Å². The van der Waals surface area contributed by atoms with Crippen LogP contribution in [0.15, 0.2) is 53.1 Å². The molecule has 2 unspecified atom stereocenters. The van der Waals surface area contributed by atoms with Crippen LogP contribution >= 0.6 is 0 Å². The molecule has 5 rings (SSSR count). The standard InChI is InChI=1S/C27H29FN4O3/c1-17-30-26(31-35-17)20-3-2-4-21(13-20)27(34)29-15-22-14-23(22)16-32-11-9-19(10-12-32)25(33)18-5-7-24(28)8-6-18/h2-8,13,19,22-23H,9-12,14-16H2,1H3,(H,29,34). The zero-order valence-corrected chi connectivity index (χ0v) is 19.7. The Bertz CT molecular complexity index is 1200. The summed E-state index contributed by atoms with van der Waals surface area (Å²) in [7, 11) is 0. The minimum absolute atomic E-state index is 0.0122. The minimum atomic E-state index is -0.320. The van der Waals surface area contributed by atoms with Crippen LogP contribution in [0.1, 0.15) is 45.9 Å². The maximum Gasteiger partial charge on any atom is 0.251 e. The third kappa shape index (κ3) is 5.65. The molecule has 7 nitrogen and oxygen atoms in total. The Kier molecular flexibility index (Phi) is 6.72. The van der Waals surface area contributed by atoms with Gasteiger partial charge >= 0.3 is 0 Å². The summed E-state index contributed by atoms with van der Waals surface area (Å²) >= 11 is 0. The van der Waals surface area contributed by atoms with Gasteiger partial charge in [0.2, 0.25) is 11.7 Å². The van der Waals surface area contributed by atoms with Gasteiger partial charge in [-0.05, 0) is 80.6 Å². The molecular formula is C27H29FN4O3. The van der Waals surface area contributed by atoms with E-state index in [4.69, 9.17) is 4.52 Å². The fraction of sp³-hybridized carbons (Fsp3) is 0.407. The number of aryl methyl sites for hydroxylation is 1. The number of aromatic nitrogens is 2. The lowest BCUT2D eigenvalue weighted by molar-refractivity contribution is 0.0835. The lowest BCUT2D eigenvalue weighted by atomic mass is 9.89. The Morgan fingerprint density at radius 2 is 1.86 bits per heavy atom. The average Bonchev–Trinajstić information content (AvgIpc) is 3.47. The predicted octanol–water partition coefficient (Wildman–Crippen LogP) is 4.14.